The van der Waals surface area contributed by atoms with E-state index in [1.165, 1.54) is 0 Å². The van der Waals surface area contributed by atoms with Gasteiger partial charge in [0, 0.05) is 44.1 Å². The number of fused-ring (bicyclic) bond motifs is 1. The quantitative estimate of drug-likeness (QED) is 0.105. The van der Waals surface area contributed by atoms with Crippen LogP contribution in [-0.4, -0.2) is 65.4 Å². The molecule has 1 amide bonds. The van der Waals surface area contributed by atoms with Crippen LogP contribution in [0.2, 0.25) is 0 Å². The van der Waals surface area contributed by atoms with Gasteiger partial charge in [-0.1, -0.05) is 71.3 Å². The van der Waals surface area contributed by atoms with Crippen molar-refractivity contribution in [1.82, 2.24) is 4.90 Å². The van der Waals surface area contributed by atoms with Crippen LogP contribution in [0.4, 0.5) is 0 Å². The van der Waals surface area contributed by atoms with Crippen LogP contribution in [0, 0.1) is 46.3 Å². The fourth-order valence-corrected chi connectivity index (χ4v) is 11.7. The molecule has 0 N–H and O–H groups in total. The number of amides is 1. The molecule has 5 fully saturated rings. The summed E-state index contributed by atoms with van der Waals surface area (Å²) in [6.07, 6.45) is 14.0. The minimum Gasteiger partial charge on any atom is -0.332 e. The van der Waals surface area contributed by atoms with Crippen LogP contribution in [0.25, 0.3) is 0 Å². The Kier molecular flexibility index (Phi) is 12.3. The zero-order valence-corrected chi connectivity index (χ0v) is 33.0. The van der Waals surface area contributed by atoms with E-state index in [0.29, 0.717) is 38.1 Å². The summed E-state index contributed by atoms with van der Waals surface area (Å²) in [4.78, 5) is 71.4. The molecule has 5 aliphatic rings. The van der Waals surface area contributed by atoms with E-state index in [-0.39, 0.29) is 72.1 Å². The summed E-state index contributed by atoms with van der Waals surface area (Å²) in [6, 6.07) is -0.655. The first-order chi connectivity index (χ1) is 23.9. The average molecular weight is 728 g/mol. The molecular weight excluding hydrogens is 663 g/mol. The second-order valence-electron chi connectivity index (χ2n) is 18.9. The number of piperidine rings is 1. The summed E-state index contributed by atoms with van der Waals surface area (Å²) < 4.78 is 26.0. The van der Waals surface area contributed by atoms with Gasteiger partial charge >= 0.3 is 0 Å². The Morgan fingerprint density at radius 3 is 2.12 bits per heavy atom. The molecule has 4 aliphatic carbocycles. The Bertz CT molecular complexity index is 1460. The zero-order chi connectivity index (χ0) is 37.4. The monoisotopic (exact) mass is 727 g/mol. The standard InChI is InChI=1S/C42H65NO7S/c1-7-8-17-34(45)38(47)30(22-28-18-19-28)23-35(46)37-36-33(41(36,5)6)26-43(37)39(48)32(29-15-11-9-12-16-29)24-31(44)25-42(20-13-10-14-21-42)27-51(49,50)40(2,3)4/h7,28-30,32-33,36-37H,1,8-27H2,2-6H3/t30?,32-,33?,36-,37+/m0/s1. The highest BCUT2D eigenvalue weighted by Gasteiger charge is 2.69. The van der Waals surface area contributed by atoms with Crippen molar-refractivity contribution < 1.29 is 32.4 Å². The highest BCUT2D eigenvalue weighted by molar-refractivity contribution is 7.92. The maximum absolute atomic E-state index is 14.8. The van der Waals surface area contributed by atoms with E-state index in [1.54, 1.807) is 31.7 Å². The number of rotatable bonds is 18. The molecule has 0 spiro atoms. The van der Waals surface area contributed by atoms with Crippen LogP contribution in [-0.2, 0) is 33.8 Å². The predicted octanol–water partition coefficient (Wildman–Crippen LogP) is 7.66. The molecule has 0 aromatic carbocycles. The lowest BCUT2D eigenvalue weighted by molar-refractivity contribution is -0.147. The Labute approximate surface area is 307 Å². The van der Waals surface area contributed by atoms with Gasteiger partial charge in [-0.3, -0.25) is 24.0 Å². The molecule has 5 atom stereocenters. The van der Waals surface area contributed by atoms with Crippen molar-refractivity contribution in [2.24, 2.45) is 46.3 Å². The number of hydrogen-bond donors (Lipinski definition) is 0. The van der Waals surface area contributed by atoms with Crippen molar-refractivity contribution in [2.45, 2.75) is 161 Å². The first-order valence-electron chi connectivity index (χ1n) is 20.2. The SMILES string of the molecule is C=CCCC(=O)C(=O)C(CC(=O)[C@@H]1[C@@H]2C(CN1C(=O)[C@@H](CC(=O)CC1(CS(=O)(=O)C(C)(C)C)CCCCC1)C1CCCCC1)C2(C)C)CC1CC1. The molecular formula is C42H65NO7S. The van der Waals surface area contributed by atoms with Gasteiger partial charge in [0.2, 0.25) is 11.7 Å². The van der Waals surface area contributed by atoms with Crippen molar-refractivity contribution in [1.29, 1.82) is 0 Å². The van der Waals surface area contributed by atoms with Crippen molar-refractivity contribution in [3.8, 4) is 0 Å². The maximum atomic E-state index is 14.8. The van der Waals surface area contributed by atoms with Gasteiger partial charge in [0.1, 0.15) is 5.78 Å². The highest BCUT2D eigenvalue weighted by Crippen LogP contribution is 2.65. The molecule has 286 valence electrons. The van der Waals surface area contributed by atoms with Crippen molar-refractivity contribution in [3.63, 3.8) is 0 Å². The second kappa shape index (κ2) is 15.7. The topological polar surface area (TPSA) is 123 Å². The molecule has 9 heteroatoms. The van der Waals surface area contributed by atoms with Gasteiger partial charge in [0.15, 0.2) is 21.4 Å². The lowest BCUT2D eigenvalue weighted by atomic mass is 9.70. The van der Waals surface area contributed by atoms with Crippen LogP contribution in [0.5, 0.6) is 0 Å². The molecule has 1 saturated heterocycles. The summed E-state index contributed by atoms with van der Waals surface area (Å²) in [6.45, 7) is 13.6. The van der Waals surface area contributed by atoms with E-state index < -0.39 is 49.4 Å². The van der Waals surface area contributed by atoms with E-state index >= 15 is 0 Å². The average Bonchev–Trinajstić information content (AvgIpc) is 3.92. The Hall–Kier alpha value is -2.16. The van der Waals surface area contributed by atoms with Crippen LogP contribution in [0.3, 0.4) is 0 Å². The Morgan fingerprint density at radius 2 is 1.53 bits per heavy atom. The summed E-state index contributed by atoms with van der Waals surface area (Å²) in [5.74, 6) is -1.82. The molecule has 0 aromatic heterocycles. The molecule has 51 heavy (non-hydrogen) atoms. The molecule has 5 rings (SSSR count). The minimum atomic E-state index is -3.45. The third-order valence-electron chi connectivity index (χ3n) is 13.7. The minimum absolute atomic E-state index is 0.00193. The van der Waals surface area contributed by atoms with Crippen LogP contribution >= 0.6 is 0 Å². The van der Waals surface area contributed by atoms with E-state index in [2.05, 4.69) is 20.4 Å². The van der Waals surface area contributed by atoms with Crippen LogP contribution < -0.4 is 0 Å². The third-order valence-corrected chi connectivity index (χ3v) is 16.6. The van der Waals surface area contributed by atoms with Gasteiger partial charge in [0.05, 0.1) is 16.5 Å². The van der Waals surface area contributed by atoms with Gasteiger partial charge in [-0.15, -0.1) is 6.58 Å². The third kappa shape index (κ3) is 9.15. The van der Waals surface area contributed by atoms with Crippen molar-refractivity contribution in [2.75, 3.05) is 12.3 Å². The van der Waals surface area contributed by atoms with Gasteiger partial charge in [-0.05, 0) is 93.8 Å². The van der Waals surface area contributed by atoms with E-state index in [0.717, 1.165) is 64.2 Å². The lowest BCUT2D eigenvalue weighted by Crippen LogP contribution is -2.50. The second-order valence-corrected chi connectivity index (χ2v) is 21.6. The number of Topliss-reactive ketones (excluding diaryl/α,β-unsaturated/α-hetero) is 4. The van der Waals surface area contributed by atoms with Crippen LogP contribution in [0.1, 0.15) is 150 Å². The van der Waals surface area contributed by atoms with Gasteiger partial charge in [0.25, 0.3) is 0 Å². The van der Waals surface area contributed by atoms with Crippen molar-refractivity contribution >= 4 is 38.9 Å². The van der Waals surface area contributed by atoms with E-state index in [1.807, 2.05) is 0 Å². The maximum Gasteiger partial charge on any atom is 0.227 e. The van der Waals surface area contributed by atoms with Gasteiger partial charge in [-0.2, -0.15) is 0 Å². The first-order valence-corrected chi connectivity index (χ1v) is 21.8. The van der Waals surface area contributed by atoms with E-state index in [9.17, 15) is 32.4 Å². The predicted molar refractivity (Wildman–Crippen MR) is 200 cm³/mol. The largest absolute Gasteiger partial charge is 0.332 e. The number of hydrogen-bond acceptors (Lipinski definition) is 7. The summed E-state index contributed by atoms with van der Waals surface area (Å²) in [7, 11) is -3.45. The Balaban J connectivity index is 1.37. The first kappa shape index (κ1) is 40.0. The molecule has 2 unspecified atom stereocenters. The lowest BCUT2D eigenvalue weighted by Gasteiger charge is -2.40. The zero-order valence-electron chi connectivity index (χ0n) is 32.2. The fourth-order valence-electron chi connectivity index (χ4n) is 10.1. The summed E-state index contributed by atoms with van der Waals surface area (Å²) in [5, 5.41) is 0. The molecule has 1 heterocycles. The molecule has 1 aliphatic heterocycles. The van der Waals surface area contributed by atoms with Gasteiger partial charge < -0.3 is 4.90 Å². The number of likely N-dealkylation sites (tertiary alicyclic amines) is 1. The van der Waals surface area contributed by atoms with Gasteiger partial charge in [-0.25, -0.2) is 8.42 Å². The van der Waals surface area contributed by atoms with Crippen LogP contribution in [0.15, 0.2) is 12.7 Å². The normalized spacial score (nSPS) is 27.2. The summed E-state index contributed by atoms with van der Waals surface area (Å²) >= 11 is 0. The molecule has 4 saturated carbocycles. The highest BCUT2D eigenvalue weighted by atomic mass is 32.2. The molecule has 0 aromatic rings. The number of sulfone groups is 1. The summed E-state index contributed by atoms with van der Waals surface area (Å²) in [5.41, 5.74) is -0.708. The molecule has 0 bridgehead atoms. The number of carbonyl (C=O) groups is 5. The molecule has 0 radical (unpaired) electrons. The fraction of sp³-hybridized carbons (Fsp3) is 0.833. The van der Waals surface area contributed by atoms with Crippen molar-refractivity contribution in [3.05, 3.63) is 12.7 Å². The Morgan fingerprint density at radius 1 is 0.902 bits per heavy atom. The van der Waals surface area contributed by atoms with E-state index in [4.69, 9.17) is 0 Å². The number of carbonyl (C=O) groups excluding carboxylic acids is 5. The number of allylic oxidation sites excluding steroid dienone is 1. The number of ketones is 4. The molecule has 8 nitrogen and oxygen atoms in total. The smallest absolute Gasteiger partial charge is 0.227 e. The number of nitrogens with zero attached hydrogens (tertiary/aromatic N) is 1.